The van der Waals surface area contributed by atoms with Gasteiger partial charge in [0.2, 0.25) is 0 Å². The van der Waals surface area contributed by atoms with Gasteiger partial charge in [0.05, 0.1) is 12.1 Å². The van der Waals surface area contributed by atoms with Crippen LogP contribution in [0.2, 0.25) is 0 Å². The van der Waals surface area contributed by atoms with Gasteiger partial charge < -0.3 is 20.0 Å². The largest absolute Gasteiger partial charge is 0.329 e. The van der Waals surface area contributed by atoms with E-state index in [4.69, 9.17) is 0 Å². The summed E-state index contributed by atoms with van der Waals surface area (Å²) in [7, 11) is 5.19. The van der Waals surface area contributed by atoms with Crippen molar-refractivity contribution >= 4 is 12.1 Å². The molecule has 0 aromatic rings. The molecule has 0 saturated carbocycles. The molecule has 0 aromatic heterocycles. The fourth-order valence-electron chi connectivity index (χ4n) is 2.33. The van der Waals surface area contributed by atoms with Crippen molar-refractivity contribution < 1.29 is 9.59 Å². The van der Waals surface area contributed by atoms with E-state index in [-0.39, 0.29) is 30.3 Å². The minimum Gasteiger partial charge on any atom is -0.329 e. The Morgan fingerprint density at radius 3 is 2.27 bits per heavy atom. The van der Waals surface area contributed by atoms with Crippen LogP contribution in [0.1, 0.15) is 6.92 Å². The summed E-state index contributed by atoms with van der Waals surface area (Å²) in [5.41, 5.74) is 0. The molecule has 0 radical (unpaired) electrons. The highest BCUT2D eigenvalue weighted by molar-refractivity contribution is 5.82. The number of hydrogen-bond donors (Lipinski definition) is 1. The third-order valence-corrected chi connectivity index (χ3v) is 3.46. The highest BCUT2D eigenvalue weighted by Crippen LogP contribution is 2.25. The Morgan fingerprint density at radius 1 is 1.07 bits per heavy atom. The van der Waals surface area contributed by atoms with Crippen LogP contribution >= 0.6 is 0 Å². The van der Waals surface area contributed by atoms with Crippen LogP contribution in [0.25, 0.3) is 0 Å². The van der Waals surface area contributed by atoms with Gasteiger partial charge in [-0.1, -0.05) is 0 Å². The number of nitrogens with zero attached hydrogens (tertiary/aromatic N) is 3. The fraction of sp³-hybridized carbons (Fsp3) is 0.778. The Kier molecular flexibility index (Phi) is 2.02. The summed E-state index contributed by atoms with van der Waals surface area (Å²) in [5, 5.41) is 2.89. The van der Waals surface area contributed by atoms with Gasteiger partial charge in [0, 0.05) is 21.1 Å². The number of nitrogens with one attached hydrogen (secondary N) is 1. The molecule has 0 aromatic carbocycles. The van der Waals surface area contributed by atoms with Crippen molar-refractivity contribution in [1.29, 1.82) is 0 Å². The Bertz CT molecular complexity index is 319. The van der Waals surface area contributed by atoms with E-state index in [2.05, 4.69) is 5.32 Å². The molecule has 0 spiro atoms. The maximum absolute atomic E-state index is 11.8. The zero-order chi connectivity index (χ0) is 11.3. The van der Waals surface area contributed by atoms with E-state index < -0.39 is 0 Å². The monoisotopic (exact) mass is 212 g/mol. The molecule has 2 rings (SSSR count). The molecule has 84 valence electrons. The quantitative estimate of drug-likeness (QED) is 0.600. The van der Waals surface area contributed by atoms with Crippen molar-refractivity contribution in [3.05, 3.63) is 0 Å². The van der Waals surface area contributed by atoms with E-state index in [0.29, 0.717) is 0 Å². The van der Waals surface area contributed by atoms with Gasteiger partial charge in [-0.05, 0) is 6.92 Å². The van der Waals surface area contributed by atoms with Crippen molar-refractivity contribution in [2.75, 3.05) is 21.1 Å². The number of amides is 4. The van der Waals surface area contributed by atoms with E-state index in [0.717, 1.165) is 0 Å². The molecular weight excluding hydrogens is 196 g/mol. The summed E-state index contributed by atoms with van der Waals surface area (Å²) < 4.78 is 0. The molecule has 2 aliphatic heterocycles. The van der Waals surface area contributed by atoms with Crippen molar-refractivity contribution in [3.8, 4) is 0 Å². The third-order valence-electron chi connectivity index (χ3n) is 3.46. The van der Waals surface area contributed by atoms with Gasteiger partial charge in [-0.3, -0.25) is 0 Å². The van der Waals surface area contributed by atoms with Crippen molar-refractivity contribution in [2.24, 2.45) is 0 Å². The van der Waals surface area contributed by atoms with E-state index in [1.54, 1.807) is 35.8 Å². The van der Waals surface area contributed by atoms with Gasteiger partial charge in [0.1, 0.15) is 6.17 Å². The molecule has 6 heteroatoms. The number of hydrogen-bond acceptors (Lipinski definition) is 2. The standard InChI is InChI=1S/C9H16N4O2/c1-5-6-7(12(3)8(14)10-6)13(4)9(15)11(5)2/h5-7H,1-4H3,(H,10,14)/t5-,6-,7+/m0/s1. The zero-order valence-electron chi connectivity index (χ0n) is 9.39. The SMILES string of the molecule is C[C@H]1[C@@H]2NC(=O)N(C)[C@@H]2N(C)C(=O)N1C. The highest BCUT2D eigenvalue weighted by atomic mass is 16.2. The maximum Gasteiger partial charge on any atom is 0.321 e. The van der Waals surface area contributed by atoms with Crippen LogP contribution in [0.4, 0.5) is 9.59 Å². The lowest BCUT2D eigenvalue weighted by molar-refractivity contribution is 0.0493. The summed E-state index contributed by atoms with van der Waals surface area (Å²) in [6.07, 6.45) is -0.170. The summed E-state index contributed by atoms with van der Waals surface area (Å²) in [4.78, 5) is 28.1. The summed E-state index contributed by atoms with van der Waals surface area (Å²) >= 11 is 0. The third kappa shape index (κ3) is 1.17. The second-order valence-corrected chi connectivity index (χ2v) is 4.24. The van der Waals surface area contributed by atoms with E-state index in [1.165, 1.54) is 0 Å². The van der Waals surface area contributed by atoms with Crippen molar-refractivity contribution in [2.45, 2.75) is 25.2 Å². The zero-order valence-corrected chi connectivity index (χ0v) is 9.39. The van der Waals surface area contributed by atoms with E-state index >= 15 is 0 Å². The first-order valence-electron chi connectivity index (χ1n) is 4.98. The van der Waals surface area contributed by atoms with Crippen molar-refractivity contribution in [3.63, 3.8) is 0 Å². The summed E-state index contributed by atoms with van der Waals surface area (Å²) in [5.74, 6) is 0. The lowest BCUT2D eigenvalue weighted by Gasteiger charge is -2.44. The number of rotatable bonds is 0. The molecule has 0 aliphatic carbocycles. The van der Waals surface area contributed by atoms with Crippen LogP contribution in [-0.2, 0) is 0 Å². The Labute approximate surface area is 88.8 Å². The number of likely N-dealkylation sites (N-methyl/N-ethyl adjacent to an activating group) is 3. The molecule has 2 saturated heterocycles. The predicted molar refractivity (Wildman–Crippen MR) is 54.3 cm³/mol. The van der Waals surface area contributed by atoms with Crippen LogP contribution < -0.4 is 5.32 Å². The minimum absolute atomic E-state index is 0.0183. The second-order valence-electron chi connectivity index (χ2n) is 4.24. The molecule has 2 aliphatic rings. The maximum atomic E-state index is 11.8. The number of carbonyl (C=O) groups excluding carboxylic acids is 2. The Morgan fingerprint density at radius 2 is 1.67 bits per heavy atom. The van der Waals surface area contributed by atoms with Gasteiger partial charge in [-0.15, -0.1) is 0 Å². The topological polar surface area (TPSA) is 55.9 Å². The molecule has 3 atom stereocenters. The first-order chi connectivity index (χ1) is 6.95. The smallest absolute Gasteiger partial charge is 0.321 e. The van der Waals surface area contributed by atoms with Crippen molar-refractivity contribution in [1.82, 2.24) is 20.0 Å². The molecule has 1 N–H and O–H groups in total. The molecule has 2 fully saturated rings. The Balaban J connectivity index is 2.34. The summed E-state index contributed by atoms with van der Waals surface area (Å²) in [6, 6.07) is -0.165. The van der Waals surface area contributed by atoms with Crippen LogP contribution in [-0.4, -0.2) is 66.2 Å². The molecule has 4 amide bonds. The van der Waals surface area contributed by atoms with Gasteiger partial charge in [-0.25, -0.2) is 9.59 Å². The average Bonchev–Trinajstić information content (AvgIpc) is 2.50. The lowest BCUT2D eigenvalue weighted by atomic mass is 10.0. The van der Waals surface area contributed by atoms with Crippen LogP contribution in [0.5, 0.6) is 0 Å². The first-order valence-corrected chi connectivity index (χ1v) is 4.98. The van der Waals surface area contributed by atoms with Gasteiger partial charge in [0.25, 0.3) is 0 Å². The lowest BCUT2D eigenvalue weighted by Crippen LogP contribution is -2.65. The number of urea groups is 2. The van der Waals surface area contributed by atoms with Crippen LogP contribution in [0.3, 0.4) is 0 Å². The number of fused-ring (bicyclic) bond motifs is 1. The molecule has 2 heterocycles. The minimum atomic E-state index is -0.170. The normalized spacial score (nSPS) is 35.7. The number of carbonyl (C=O) groups is 2. The van der Waals surface area contributed by atoms with Crippen LogP contribution in [0.15, 0.2) is 0 Å². The second kappa shape index (κ2) is 3.01. The Hall–Kier alpha value is -1.46. The van der Waals surface area contributed by atoms with Gasteiger partial charge >= 0.3 is 12.1 Å². The predicted octanol–water partition coefficient (Wildman–Crippen LogP) is -0.278. The van der Waals surface area contributed by atoms with E-state index in [9.17, 15) is 9.59 Å². The molecular formula is C9H16N4O2. The molecule has 0 bridgehead atoms. The van der Waals surface area contributed by atoms with Gasteiger partial charge in [-0.2, -0.15) is 0 Å². The van der Waals surface area contributed by atoms with Crippen LogP contribution in [0, 0.1) is 0 Å². The molecule has 0 unspecified atom stereocenters. The van der Waals surface area contributed by atoms with E-state index in [1.807, 2.05) is 6.92 Å². The summed E-state index contributed by atoms with van der Waals surface area (Å²) in [6.45, 7) is 1.95. The molecule has 6 nitrogen and oxygen atoms in total. The van der Waals surface area contributed by atoms with Gasteiger partial charge in [0.15, 0.2) is 0 Å². The highest BCUT2D eigenvalue weighted by Gasteiger charge is 2.49. The molecule has 15 heavy (non-hydrogen) atoms. The average molecular weight is 212 g/mol. The first kappa shape index (κ1) is 10.1. The fourth-order valence-corrected chi connectivity index (χ4v) is 2.33.